The van der Waals surface area contributed by atoms with Crippen molar-refractivity contribution in [3.8, 4) is 11.5 Å². The Bertz CT molecular complexity index is 514. The monoisotopic (exact) mass is 324 g/mol. The maximum Gasteiger partial charge on any atom is 0.589 e. The quantitative estimate of drug-likeness (QED) is 0.535. The van der Waals surface area contributed by atoms with E-state index in [-0.39, 0.29) is 6.79 Å². The fourth-order valence-electron chi connectivity index (χ4n) is 1.41. The molecule has 22 heavy (non-hydrogen) atoms. The predicted molar refractivity (Wildman–Crippen MR) is 86.1 cm³/mol. The van der Waals surface area contributed by atoms with Crippen LogP contribution in [0.4, 0.5) is 0 Å². The minimum Gasteiger partial charge on any atom is -0.395 e. The fraction of sp³-hybridized carbons (Fsp3) is 0.250. The summed E-state index contributed by atoms with van der Waals surface area (Å²) in [5.74, 6) is 0.783. The Hall–Kier alpha value is -1.81. The van der Waals surface area contributed by atoms with Crippen molar-refractivity contribution in [1.29, 1.82) is 0 Å². The van der Waals surface area contributed by atoms with Crippen LogP contribution < -0.4 is 9.05 Å². The van der Waals surface area contributed by atoms with Crippen LogP contribution in [0, 0.1) is 0 Å². The van der Waals surface area contributed by atoms with E-state index in [2.05, 4.69) is 0 Å². The van der Waals surface area contributed by atoms with Crippen molar-refractivity contribution >= 4 is 7.82 Å². The Balaban J connectivity index is 0.00000116. The van der Waals surface area contributed by atoms with Gasteiger partial charge < -0.3 is 13.8 Å². The zero-order chi connectivity index (χ0) is 16.3. The second kappa shape index (κ2) is 10.0. The SMILES string of the molecule is CC.COCOP(=O)(Oc1ccccc1)Oc1ccccc1. The van der Waals surface area contributed by atoms with E-state index in [1.165, 1.54) is 7.11 Å². The lowest BCUT2D eigenvalue weighted by molar-refractivity contribution is 0.0322. The molecular weight excluding hydrogens is 303 g/mol. The maximum atomic E-state index is 12.6. The number of para-hydroxylation sites is 2. The lowest BCUT2D eigenvalue weighted by Crippen LogP contribution is -2.06. The molecule has 0 radical (unpaired) electrons. The van der Waals surface area contributed by atoms with Gasteiger partial charge in [-0.25, -0.2) is 9.09 Å². The Labute approximate surface area is 131 Å². The molecule has 0 aliphatic carbocycles. The molecule has 2 aromatic rings. The van der Waals surface area contributed by atoms with Crippen molar-refractivity contribution < 1.29 is 22.9 Å². The lowest BCUT2D eigenvalue weighted by atomic mass is 10.3. The highest BCUT2D eigenvalue weighted by Gasteiger charge is 2.30. The first kappa shape index (κ1) is 18.2. The molecule has 6 heteroatoms. The summed E-state index contributed by atoms with van der Waals surface area (Å²) in [6.45, 7) is 3.80. The average Bonchev–Trinajstić information content (AvgIpc) is 2.57. The molecule has 0 bridgehead atoms. The number of rotatable bonds is 7. The summed E-state index contributed by atoms with van der Waals surface area (Å²) in [4.78, 5) is 0. The van der Waals surface area contributed by atoms with Gasteiger partial charge in [-0.3, -0.25) is 0 Å². The van der Waals surface area contributed by atoms with Gasteiger partial charge in [0.2, 0.25) is 0 Å². The number of methoxy groups -OCH3 is 1. The summed E-state index contributed by atoms with van der Waals surface area (Å²) in [5, 5.41) is 0. The normalized spacial score (nSPS) is 10.3. The van der Waals surface area contributed by atoms with Crippen molar-refractivity contribution in [2.24, 2.45) is 0 Å². The largest absolute Gasteiger partial charge is 0.589 e. The van der Waals surface area contributed by atoms with E-state index in [1.807, 2.05) is 26.0 Å². The molecule has 0 amide bonds. The topological polar surface area (TPSA) is 54.0 Å². The van der Waals surface area contributed by atoms with Crippen LogP contribution >= 0.6 is 7.82 Å². The van der Waals surface area contributed by atoms with Gasteiger partial charge in [0, 0.05) is 7.11 Å². The second-order valence-corrected chi connectivity index (χ2v) is 5.31. The number of benzene rings is 2. The van der Waals surface area contributed by atoms with E-state index in [4.69, 9.17) is 18.3 Å². The highest BCUT2D eigenvalue weighted by molar-refractivity contribution is 7.49. The fourth-order valence-corrected chi connectivity index (χ4v) is 2.55. The van der Waals surface area contributed by atoms with E-state index in [0.717, 1.165) is 0 Å². The summed E-state index contributed by atoms with van der Waals surface area (Å²) in [6, 6.07) is 17.4. The summed E-state index contributed by atoms with van der Waals surface area (Å²) in [7, 11) is -2.38. The molecule has 0 atom stereocenters. The number of hydrogen-bond acceptors (Lipinski definition) is 5. The molecule has 0 fully saturated rings. The Morgan fingerprint density at radius 3 is 1.59 bits per heavy atom. The van der Waals surface area contributed by atoms with Crippen LogP contribution in [0.2, 0.25) is 0 Å². The molecule has 0 aliphatic rings. The zero-order valence-electron chi connectivity index (χ0n) is 13.0. The smallest absolute Gasteiger partial charge is 0.395 e. The van der Waals surface area contributed by atoms with Gasteiger partial charge in [0.1, 0.15) is 11.5 Å². The van der Waals surface area contributed by atoms with Crippen molar-refractivity contribution in [2.45, 2.75) is 13.8 Å². The molecule has 0 heterocycles. The van der Waals surface area contributed by atoms with Gasteiger partial charge in [-0.05, 0) is 24.3 Å². The van der Waals surface area contributed by atoms with E-state index in [0.29, 0.717) is 11.5 Å². The molecule has 2 rings (SSSR count). The summed E-state index contributed by atoms with van der Waals surface area (Å²) in [5.41, 5.74) is 0. The number of phosphoric ester groups is 1. The molecular formula is C16H21O5P. The van der Waals surface area contributed by atoms with Gasteiger partial charge in [-0.15, -0.1) is 0 Å². The average molecular weight is 324 g/mol. The minimum absolute atomic E-state index is 0.197. The first-order valence-corrected chi connectivity index (χ1v) is 8.41. The van der Waals surface area contributed by atoms with Crippen LogP contribution in [0.1, 0.15) is 13.8 Å². The predicted octanol–water partition coefficient (Wildman–Crippen LogP) is 4.90. The zero-order valence-corrected chi connectivity index (χ0v) is 13.9. The Morgan fingerprint density at radius 1 is 0.818 bits per heavy atom. The van der Waals surface area contributed by atoms with Crippen LogP contribution in [-0.2, 0) is 13.8 Å². The molecule has 5 nitrogen and oxygen atoms in total. The van der Waals surface area contributed by atoms with E-state index >= 15 is 0 Å². The number of ether oxygens (including phenoxy) is 1. The van der Waals surface area contributed by atoms with Gasteiger partial charge in [-0.2, -0.15) is 0 Å². The molecule has 0 unspecified atom stereocenters. The molecule has 0 N–H and O–H groups in total. The minimum atomic E-state index is -3.80. The van der Waals surface area contributed by atoms with Crippen molar-refractivity contribution in [3.05, 3.63) is 60.7 Å². The lowest BCUT2D eigenvalue weighted by Gasteiger charge is -2.18. The number of phosphoric acid groups is 1. The van der Waals surface area contributed by atoms with Gasteiger partial charge in [-0.1, -0.05) is 50.2 Å². The summed E-state index contributed by atoms with van der Waals surface area (Å²) in [6.07, 6.45) is 0. The van der Waals surface area contributed by atoms with Crippen LogP contribution in [0.25, 0.3) is 0 Å². The van der Waals surface area contributed by atoms with Gasteiger partial charge in [0.15, 0.2) is 6.79 Å². The van der Waals surface area contributed by atoms with Crippen LogP contribution in [0.5, 0.6) is 11.5 Å². The second-order valence-electron chi connectivity index (χ2n) is 3.79. The third-order valence-corrected chi connectivity index (χ3v) is 3.54. The third-order valence-electron chi connectivity index (χ3n) is 2.25. The molecule has 2 aromatic carbocycles. The Morgan fingerprint density at radius 2 is 1.23 bits per heavy atom. The highest BCUT2D eigenvalue weighted by Crippen LogP contribution is 2.49. The molecule has 0 aliphatic heterocycles. The van der Waals surface area contributed by atoms with E-state index in [9.17, 15) is 4.57 Å². The van der Waals surface area contributed by atoms with Crippen LogP contribution in [-0.4, -0.2) is 13.9 Å². The van der Waals surface area contributed by atoms with Crippen LogP contribution in [0.15, 0.2) is 60.7 Å². The van der Waals surface area contributed by atoms with E-state index < -0.39 is 7.82 Å². The van der Waals surface area contributed by atoms with Crippen molar-refractivity contribution in [1.82, 2.24) is 0 Å². The van der Waals surface area contributed by atoms with Crippen molar-refractivity contribution in [2.75, 3.05) is 13.9 Å². The standard InChI is InChI=1S/C14H15O5P.C2H6/c1-16-12-17-20(15,18-13-8-4-2-5-9-13)19-14-10-6-3-7-11-14;1-2/h2-11H,12H2,1H3;1-2H3. The molecule has 120 valence electrons. The summed E-state index contributed by atoms with van der Waals surface area (Å²) >= 11 is 0. The first-order chi connectivity index (χ1) is 10.7. The Kier molecular flexibility index (Phi) is 8.30. The van der Waals surface area contributed by atoms with Gasteiger partial charge in [0.05, 0.1) is 0 Å². The molecule has 0 saturated carbocycles. The molecule has 0 spiro atoms. The van der Waals surface area contributed by atoms with Gasteiger partial charge >= 0.3 is 7.82 Å². The molecule has 0 saturated heterocycles. The van der Waals surface area contributed by atoms with Gasteiger partial charge in [0.25, 0.3) is 0 Å². The first-order valence-electron chi connectivity index (χ1n) is 6.95. The van der Waals surface area contributed by atoms with E-state index in [1.54, 1.807) is 48.5 Å². The maximum absolute atomic E-state index is 12.6. The highest BCUT2D eigenvalue weighted by atomic mass is 31.2. The van der Waals surface area contributed by atoms with Crippen molar-refractivity contribution in [3.63, 3.8) is 0 Å². The molecule has 0 aromatic heterocycles. The summed E-state index contributed by atoms with van der Waals surface area (Å²) < 4.78 is 33.1. The number of hydrogen-bond donors (Lipinski definition) is 0. The van der Waals surface area contributed by atoms with Crippen LogP contribution in [0.3, 0.4) is 0 Å². The third kappa shape index (κ3) is 6.31.